The van der Waals surface area contributed by atoms with Crippen LogP contribution in [0.15, 0.2) is 40.3 Å². The van der Waals surface area contributed by atoms with Crippen LogP contribution in [0.5, 0.6) is 0 Å². The fraction of sp³-hybridized carbons (Fsp3) is 0.333. The molecule has 6 nitrogen and oxygen atoms in total. The maximum Gasteiger partial charge on any atom is 0.193 e. The lowest BCUT2D eigenvalue weighted by Gasteiger charge is -2.23. The molecule has 8 heteroatoms. The molecule has 0 spiro atoms. The van der Waals surface area contributed by atoms with Gasteiger partial charge >= 0.3 is 0 Å². The number of imidazole rings is 1. The largest absolute Gasteiger partial charge is 0.383 e. The predicted octanol–water partition coefficient (Wildman–Crippen LogP) is 2.03. The first-order valence-corrected chi connectivity index (χ1v) is 8.96. The Morgan fingerprint density at radius 1 is 1.39 bits per heavy atom. The van der Waals surface area contributed by atoms with Gasteiger partial charge in [0.25, 0.3) is 0 Å². The molecule has 3 heterocycles. The predicted molar refractivity (Wildman–Crippen MR) is 95.2 cm³/mol. The number of hydrogen-bond donors (Lipinski definition) is 3. The van der Waals surface area contributed by atoms with Gasteiger partial charge in [0, 0.05) is 29.7 Å². The van der Waals surface area contributed by atoms with E-state index in [2.05, 4.69) is 20.6 Å². The van der Waals surface area contributed by atoms with Crippen molar-refractivity contribution in [1.29, 1.82) is 0 Å². The van der Waals surface area contributed by atoms with Crippen molar-refractivity contribution in [2.75, 3.05) is 13.6 Å². The molecule has 0 aliphatic heterocycles. The molecule has 0 aliphatic rings. The number of thiophene rings is 1. The molecular formula is C15H19N5OS2. The maximum absolute atomic E-state index is 10.5. The molecule has 23 heavy (non-hydrogen) atoms. The van der Waals surface area contributed by atoms with Gasteiger partial charge in [-0.1, -0.05) is 6.07 Å². The van der Waals surface area contributed by atoms with E-state index in [-0.39, 0.29) is 0 Å². The Balaban J connectivity index is 1.55. The molecule has 0 saturated carbocycles. The van der Waals surface area contributed by atoms with Crippen molar-refractivity contribution in [3.63, 3.8) is 0 Å². The Labute approximate surface area is 142 Å². The van der Waals surface area contributed by atoms with Gasteiger partial charge in [-0.2, -0.15) is 0 Å². The van der Waals surface area contributed by atoms with Crippen LogP contribution in [-0.2, 0) is 12.1 Å². The van der Waals surface area contributed by atoms with Crippen LogP contribution in [0.4, 0.5) is 0 Å². The van der Waals surface area contributed by atoms with E-state index in [0.717, 1.165) is 15.5 Å². The van der Waals surface area contributed by atoms with Gasteiger partial charge in [0.2, 0.25) is 0 Å². The number of aliphatic imine (C=N–C) groups is 1. The number of rotatable bonds is 5. The molecule has 3 aromatic rings. The Bertz CT molecular complexity index is 759. The van der Waals surface area contributed by atoms with E-state index in [1.54, 1.807) is 36.6 Å². The quantitative estimate of drug-likeness (QED) is 0.487. The third-order valence-electron chi connectivity index (χ3n) is 3.46. The van der Waals surface area contributed by atoms with Crippen molar-refractivity contribution in [2.24, 2.45) is 4.99 Å². The molecule has 1 unspecified atom stereocenters. The van der Waals surface area contributed by atoms with Gasteiger partial charge in [-0.25, -0.2) is 4.98 Å². The van der Waals surface area contributed by atoms with Gasteiger partial charge in [0.1, 0.15) is 5.60 Å². The SMILES string of the molecule is CN=C(NCc1cn2ccsc2n1)NCC(C)(O)c1cccs1. The van der Waals surface area contributed by atoms with E-state index in [9.17, 15) is 5.11 Å². The zero-order chi connectivity index (χ0) is 16.3. The zero-order valence-electron chi connectivity index (χ0n) is 13.0. The Kier molecular flexibility index (Phi) is 4.65. The number of nitrogens with one attached hydrogen (secondary N) is 2. The number of guanidine groups is 1. The van der Waals surface area contributed by atoms with E-state index < -0.39 is 5.60 Å². The molecule has 0 amide bonds. The van der Waals surface area contributed by atoms with Crippen molar-refractivity contribution >= 4 is 33.6 Å². The molecule has 3 N–H and O–H groups in total. The molecule has 0 radical (unpaired) electrons. The number of hydrogen-bond acceptors (Lipinski definition) is 5. The monoisotopic (exact) mass is 349 g/mol. The minimum absolute atomic E-state index is 0.380. The van der Waals surface area contributed by atoms with Crippen LogP contribution in [0.25, 0.3) is 4.96 Å². The smallest absolute Gasteiger partial charge is 0.193 e. The van der Waals surface area contributed by atoms with Crippen molar-refractivity contribution in [2.45, 2.75) is 19.1 Å². The van der Waals surface area contributed by atoms with E-state index in [1.807, 2.05) is 39.7 Å². The number of thiazole rings is 1. The number of nitrogens with zero attached hydrogens (tertiary/aromatic N) is 3. The fourth-order valence-corrected chi connectivity index (χ4v) is 3.69. The third kappa shape index (κ3) is 3.72. The zero-order valence-corrected chi connectivity index (χ0v) is 14.6. The van der Waals surface area contributed by atoms with Crippen molar-refractivity contribution in [3.05, 3.63) is 45.9 Å². The Morgan fingerprint density at radius 3 is 2.96 bits per heavy atom. The van der Waals surface area contributed by atoms with Gasteiger partial charge in [-0.3, -0.25) is 9.39 Å². The van der Waals surface area contributed by atoms with Gasteiger partial charge in [-0.15, -0.1) is 22.7 Å². The molecule has 0 bridgehead atoms. The second-order valence-electron chi connectivity index (χ2n) is 5.36. The maximum atomic E-state index is 10.5. The molecule has 1 atom stereocenters. The second kappa shape index (κ2) is 6.69. The van der Waals surface area contributed by atoms with Crippen LogP contribution in [0.1, 0.15) is 17.5 Å². The lowest BCUT2D eigenvalue weighted by atomic mass is 10.1. The third-order valence-corrected chi connectivity index (χ3v) is 5.35. The van der Waals surface area contributed by atoms with Gasteiger partial charge < -0.3 is 15.7 Å². The van der Waals surface area contributed by atoms with Gasteiger partial charge in [0.05, 0.1) is 18.8 Å². The first-order chi connectivity index (χ1) is 11.1. The van der Waals surface area contributed by atoms with Crippen molar-refractivity contribution in [3.8, 4) is 0 Å². The highest BCUT2D eigenvalue weighted by atomic mass is 32.1. The highest BCUT2D eigenvalue weighted by molar-refractivity contribution is 7.15. The van der Waals surface area contributed by atoms with Crippen LogP contribution in [-0.4, -0.2) is 34.0 Å². The summed E-state index contributed by atoms with van der Waals surface area (Å²) in [4.78, 5) is 10.6. The number of aromatic nitrogens is 2. The highest BCUT2D eigenvalue weighted by Crippen LogP contribution is 2.24. The fourth-order valence-electron chi connectivity index (χ4n) is 2.18. The Morgan fingerprint density at radius 2 is 2.26 bits per heavy atom. The van der Waals surface area contributed by atoms with E-state index in [1.165, 1.54) is 0 Å². The summed E-state index contributed by atoms with van der Waals surface area (Å²) in [6.07, 6.45) is 3.98. The van der Waals surface area contributed by atoms with Crippen molar-refractivity contribution in [1.82, 2.24) is 20.0 Å². The lowest BCUT2D eigenvalue weighted by molar-refractivity contribution is 0.0655. The highest BCUT2D eigenvalue weighted by Gasteiger charge is 2.24. The normalized spacial score (nSPS) is 14.8. The first-order valence-electron chi connectivity index (χ1n) is 7.20. The molecule has 0 fully saturated rings. The summed E-state index contributed by atoms with van der Waals surface area (Å²) in [7, 11) is 1.71. The van der Waals surface area contributed by atoms with Crippen LogP contribution in [0, 0.1) is 0 Å². The molecule has 3 rings (SSSR count). The average Bonchev–Trinajstić information content (AvgIpc) is 3.24. The summed E-state index contributed by atoms with van der Waals surface area (Å²) in [6.45, 7) is 2.75. The van der Waals surface area contributed by atoms with Crippen LogP contribution in [0.3, 0.4) is 0 Å². The van der Waals surface area contributed by atoms with Gasteiger partial charge in [0.15, 0.2) is 10.9 Å². The first kappa shape index (κ1) is 16.0. The summed E-state index contributed by atoms with van der Waals surface area (Å²) < 4.78 is 2.00. The second-order valence-corrected chi connectivity index (χ2v) is 7.18. The molecule has 122 valence electrons. The van der Waals surface area contributed by atoms with E-state index >= 15 is 0 Å². The summed E-state index contributed by atoms with van der Waals surface area (Å²) in [5.74, 6) is 0.637. The van der Waals surface area contributed by atoms with E-state index in [4.69, 9.17) is 0 Å². The van der Waals surface area contributed by atoms with Crippen LogP contribution in [0.2, 0.25) is 0 Å². The molecule has 0 aliphatic carbocycles. The van der Waals surface area contributed by atoms with E-state index in [0.29, 0.717) is 19.0 Å². The topological polar surface area (TPSA) is 74.0 Å². The molecular weight excluding hydrogens is 330 g/mol. The summed E-state index contributed by atoms with van der Waals surface area (Å²) in [5, 5.41) is 20.9. The molecule has 0 saturated heterocycles. The van der Waals surface area contributed by atoms with Gasteiger partial charge in [-0.05, 0) is 18.4 Å². The summed E-state index contributed by atoms with van der Waals surface area (Å²) in [6, 6.07) is 3.87. The number of aliphatic hydroxyl groups is 1. The minimum atomic E-state index is -0.928. The minimum Gasteiger partial charge on any atom is -0.383 e. The molecule has 3 aromatic heterocycles. The number of fused-ring (bicyclic) bond motifs is 1. The average molecular weight is 349 g/mol. The van der Waals surface area contributed by atoms with Crippen LogP contribution >= 0.6 is 22.7 Å². The Hall–Kier alpha value is -1.90. The van der Waals surface area contributed by atoms with Crippen molar-refractivity contribution < 1.29 is 5.11 Å². The lowest BCUT2D eigenvalue weighted by Crippen LogP contribution is -2.44. The molecule has 0 aromatic carbocycles. The van der Waals surface area contributed by atoms with Crippen LogP contribution < -0.4 is 10.6 Å². The standard InChI is InChI=1S/C15H19N5OS2/c1-15(21,12-4-3-6-22-12)10-18-13(16-2)17-8-11-9-20-5-7-23-14(20)19-11/h3-7,9,21H,8,10H2,1-2H3,(H2,16,17,18). The summed E-state index contributed by atoms with van der Waals surface area (Å²) in [5.41, 5.74) is 0.0211. The summed E-state index contributed by atoms with van der Waals surface area (Å²) >= 11 is 3.15.